The van der Waals surface area contributed by atoms with Gasteiger partial charge in [-0.1, -0.05) is 60.7 Å². The highest BCUT2D eigenvalue weighted by molar-refractivity contribution is 6.06. The number of hydrogen-bond donors (Lipinski definition) is 1. The van der Waals surface area contributed by atoms with Crippen molar-refractivity contribution < 1.29 is 9.32 Å². The molecule has 124 valence electrons. The maximum Gasteiger partial charge on any atom is 0.336 e. The van der Waals surface area contributed by atoms with Gasteiger partial charge in [-0.15, -0.1) is 0 Å². The summed E-state index contributed by atoms with van der Waals surface area (Å²) >= 11 is 0. The Morgan fingerprint density at radius 3 is 2.48 bits per heavy atom. The van der Waals surface area contributed by atoms with Gasteiger partial charge in [-0.2, -0.15) is 0 Å². The van der Waals surface area contributed by atoms with Crippen LogP contribution in [0.15, 0.2) is 82.0 Å². The van der Waals surface area contributed by atoms with Gasteiger partial charge in [-0.25, -0.2) is 4.79 Å². The van der Waals surface area contributed by atoms with Gasteiger partial charge in [0.1, 0.15) is 18.7 Å². The van der Waals surface area contributed by atoms with Crippen LogP contribution in [0.3, 0.4) is 0 Å². The van der Waals surface area contributed by atoms with Crippen LogP contribution in [-0.2, 0) is 13.1 Å². The van der Waals surface area contributed by atoms with Crippen LogP contribution in [0.5, 0.6) is 0 Å². The molecule has 0 aliphatic carbocycles. The number of quaternary nitrogens is 1. The van der Waals surface area contributed by atoms with E-state index in [1.54, 1.807) is 6.07 Å². The largest absolute Gasteiger partial charge is 0.423 e. The van der Waals surface area contributed by atoms with E-state index in [4.69, 9.17) is 4.42 Å². The van der Waals surface area contributed by atoms with Crippen LogP contribution < -0.4 is 10.5 Å². The molecule has 1 unspecified atom stereocenters. The van der Waals surface area contributed by atoms with Gasteiger partial charge in [0.25, 0.3) is 0 Å². The minimum Gasteiger partial charge on any atom is -0.423 e. The summed E-state index contributed by atoms with van der Waals surface area (Å²) in [6.07, 6.45) is 0. The van der Waals surface area contributed by atoms with E-state index in [2.05, 4.69) is 43.4 Å². The molecule has 0 spiro atoms. The number of fused-ring (bicyclic) bond motifs is 3. The number of hydrogen-bond acceptors (Lipinski definition) is 2. The zero-order chi connectivity index (χ0) is 17.2. The van der Waals surface area contributed by atoms with Crippen molar-refractivity contribution in [3.05, 3.63) is 94.3 Å². The fourth-order valence-electron chi connectivity index (χ4n) is 3.49. The third kappa shape index (κ3) is 3.19. The summed E-state index contributed by atoms with van der Waals surface area (Å²) in [4.78, 5) is 13.3. The highest BCUT2D eigenvalue weighted by atomic mass is 16.4. The molecule has 1 atom stereocenters. The first-order chi connectivity index (χ1) is 12.2. The van der Waals surface area contributed by atoms with E-state index in [0.29, 0.717) is 5.58 Å². The molecule has 1 aromatic heterocycles. The summed E-state index contributed by atoms with van der Waals surface area (Å²) < 4.78 is 5.45. The zero-order valence-corrected chi connectivity index (χ0v) is 14.2. The van der Waals surface area contributed by atoms with Gasteiger partial charge in [-0.05, 0) is 16.8 Å². The maximum atomic E-state index is 12.0. The third-order valence-electron chi connectivity index (χ3n) is 4.56. The fourth-order valence-corrected chi connectivity index (χ4v) is 3.49. The normalized spacial score (nSPS) is 12.5. The molecule has 3 aromatic carbocycles. The van der Waals surface area contributed by atoms with E-state index in [9.17, 15) is 4.79 Å². The van der Waals surface area contributed by atoms with E-state index in [0.717, 1.165) is 34.8 Å². The van der Waals surface area contributed by atoms with Crippen molar-refractivity contribution in [3.63, 3.8) is 0 Å². The van der Waals surface area contributed by atoms with Gasteiger partial charge in [0, 0.05) is 22.6 Å². The zero-order valence-electron chi connectivity index (χ0n) is 14.2. The predicted molar refractivity (Wildman–Crippen MR) is 101 cm³/mol. The molecular formula is C22H20NO2+. The SMILES string of the molecule is C[NH+](Cc1ccccc1)Cc1cc(=O)oc2ccc3ccccc3c12. The smallest absolute Gasteiger partial charge is 0.336 e. The molecular weight excluding hydrogens is 310 g/mol. The van der Waals surface area contributed by atoms with Gasteiger partial charge in [0.05, 0.1) is 7.05 Å². The Kier molecular flexibility index (Phi) is 4.08. The molecule has 4 rings (SSSR count). The van der Waals surface area contributed by atoms with E-state index < -0.39 is 0 Å². The summed E-state index contributed by atoms with van der Waals surface area (Å²) in [5.74, 6) is 0. The van der Waals surface area contributed by atoms with Crippen LogP contribution in [0.25, 0.3) is 21.7 Å². The Hall–Kier alpha value is -2.91. The quantitative estimate of drug-likeness (QED) is 0.461. The van der Waals surface area contributed by atoms with Gasteiger partial charge in [0.15, 0.2) is 0 Å². The van der Waals surface area contributed by atoms with Crippen LogP contribution in [0, 0.1) is 0 Å². The van der Waals surface area contributed by atoms with Crippen LogP contribution in [-0.4, -0.2) is 7.05 Å². The molecule has 0 radical (unpaired) electrons. The van der Waals surface area contributed by atoms with Crippen molar-refractivity contribution in [2.75, 3.05) is 7.05 Å². The highest BCUT2D eigenvalue weighted by Gasteiger charge is 2.13. The minimum absolute atomic E-state index is 0.287. The predicted octanol–water partition coefficient (Wildman–Crippen LogP) is 3.16. The van der Waals surface area contributed by atoms with Crippen LogP contribution in [0.1, 0.15) is 11.1 Å². The fraction of sp³-hybridized carbons (Fsp3) is 0.136. The van der Waals surface area contributed by atoms with Crippen LogP contribution >= 0.6 is 0 Å². The number of benzene rings is 3. The topological polar surface area (TPSA) is 34.7 Å². The summed E-state index contributed by atoms with van der Waals surface area (Å²) in [5, 5.41) is 3.34. The lowest BCUT2D eigenvalue weighted by Crippen LogP contribution is -3.06. The summed E-state index contributed by atoms with van der Waals surface area (Å²) in [5.41, 5.74) is 2.70. The average molecular weight is 330 g/mol. The standard InChI is InChI=1S/C22H19NO2/c1-23(14-16-7-3-2-4-8-16)15-18-13-21(24)25-20-12-11-17-9-5-6-10-19(17)22(18)20/h2-13H,14-15H2,1H3/p+1. The highest BCUT2D eigenvalue weighted by Crippen LogP contribution is 2.26. The van der Waals surface area contributed by atoms with Gasteiger partial charge >= 0.3 is 5.63 Å². The second-order valence-corrected chi connectivity index (χ2v) is 6.55. The van der Waals surface area contributed by atoms with E-state index >= 15 is 0 Å². The van der Waals surface area contributed by atoms with Crippen molar-refractivity contribution in [2.24, 2.45) is 0 Å². The second-order valence-electron chi connectivity index (χ2n) is 6.55. The lowest BCUT2D eigenvalue weighted by molar-refractivity contribution is -0.907. The third-order valence-corrected chi connectivity index (χ3v) is 4.56. The first kappa shape index (κ1) is 15.6. The Bertz CT molecular complexity index is 1080. The molecule has 3 nitrogen and oxygen atoms in total. The lowest BCUT2D eigenvalue weighted by atomic mass is 10.0. The molecule has 0 bridgehead atoms. The van der Waals surface area contributed by atoms with Gasteiger partial charge in [0.2, 0.25) is 0 Å². The van der Waals surface area contributed by atoms with E-state index in [1.807, 2.05) is 30.3 Å². The minimum atomic E-state index is -0.287. The molecule has 0 amide bonds. The Balaban J connectivity index is 1.78. The lowest BCUT2D eigenvalue weighted by Gasteiger charge is -2.16. The first-order valence-electron chi connectivity index (χ1n) is 8.50. The van der Waals surface area contributed by atoms with Crippen LogP contribution in [0.4, 0.5) is 0 Å². The Morgan fingerprint density at radius 2 is 1.64 bits per heavy atom. The van der Waals surface area contributed by atoms with Crippen molar-refractivity contribution in [2.45, 2.75) is 13.1 Å². The molecule has 0 aliphatic rings. The van der Waals surface area contributed by atoms with E-state index in [-0.39, 0.29) is 5.63 Å². The van der Waals surface area contributed by atoms with Crippen molar-refractivity contribution >= 4 is 21.7 Å². The maximum absolute atomic E-state index is 12.0. The summed E-state index contributed by atoms with van der Waals surface area (Å²) in [7, 11) is 2.15. The molecule has 0 saturated carbocycles. The molecule has 25 heavy (non-hydrogen) atoms. The average Bonchev–Trinajstić information content (AvgIpc) is 2.62. The summed E-state index contributed by atoms with van der Waals surface area (Å²) in [6.45, 7) is 1.68. The Morgan fingerprint density at radius 1 is 0.880 bits per heavy atom. The van der Waals surface area contributed by atoms with Crippen LogP contribution in [0.2, 0.25) is 0 Å². The molecule has 4 aromatic rings. The Labute approximate surface area is 146 Å². The molecule has 0 aliphatic heterocycles. The van der Waals surface area contributed by atoms with E-state index in [1.165, 1.54) is 10.5 Å². The molecule has 3 heteroatoms. The van der Waals surface area contributed by atoms with Gasteiger partial charge in [-0.3, -0.25) is 0 Å². The van der Waals surface area contributed by atoms with Crippen molar-refractivity contribution in [3.8, 4) is 0 Å². The van der Waals surface area contributed by atoms with Crippen molar-refractivity contribution in [1.82, 2.24) is 0 Å². The molecule has 1 N–H and O–H groups in total. The monoisotopic (exact) mass is 330 g/mol. The second kappa shape index (κ2) is 6.54. The molecule has 0 saturated heterocycles. The molecule has 0 fully saturated rings. The van der Waals surface area contributed by atoms with Crippen molar-refractivity contribution in [1.29, 1.82) is 0 Å². The van der Waals surface area contributed by atoms with Gasteiger partial charge < -0.3 is 9.32 Å². The summed E-state index contributed by atoms with van der Waals surface area (Å²) in [6, 6.07) is 24.2. The number of nitrogens with one attached hydrogen (secondary N) is 1. The number of rotatable bonds is 4. The first-order valence-corrected chi connectivity index (χ1v) is 8.50. The molecule has 1 heterocycles.